The van der Waals surface area contributed by atoms with Gasteiger partial charge in [-0.2, -0.15) is 4.31 Å². The molecule has 1 aromatic rings. The van der Waals surface area contributed by atoms with Crippen LogP contribution in [0.15, 0.2) is 24.3 Å². The Morgan fingerprint density at radius 2 is 1.73 bits per heavy atom. The van der Waals surface area contributed by atoms with Crippen molar-refractivity contribution in [3.63, 3.8) is 0 Å². The van der Waals surface area contributed by atoms with Crippen LogP contribution in [0.5, 0.6) is 0 Å². The molecule has 6 nitrogen and oxygen atoms in total. The highest BCUT2D eigenvalue weighted by Gasteiger charge is 2.26. The number of anilines is 2. The molecule has 1 fully saturated rings. The zero-order valence-electron chi connectivity index (χ0n) is 13.1. The molecule has 0 saturated carbocycles. The molecule has 0 aliphatic carbocycles. The molecule has 1 heterocycles. The van der Waals surface area contributed by atoms with Gasteiger partial charge in [0.15, 0.2) is 0 Å². The lowest BCUT2D eigenvalue weighted by molar-refractivity contribution is -0.114. The molecule has 0 unspecified atom stereocenters. The van der Waals surface area contributed by atoms with Crippen LogP contribution in [0.25, 0.3) is 0 Å². The lowest BCUT2D eigenvalue weighted by atomic mass is 10.2. The minimum atomic E-state index is -3.10. The summed E-state index contributed by atoms with van der Waals surface area (Å²) < 4.78 is 25.7. The minimum absolute atomic E-state index is 0.0949. The maximum absolute atomic E-state index is 12.0. The van der Waals surface area contributed by atoms with E-state index < -0.39 is 10.0 Å². The Labute approximate surface area is 132 Å². The highest BCUT2D eigenvalue weighted by molar-refractivity contribution is 7.89. The van der Waals surface area contributed by atoms with Gasteiger partial charge in [0.05, 0.1) is 5.75 Å². The molecule has 0 spiro atoms. The van der Waals surface area contributed by atoms with Crippen molar-refractivity contribution in [1.82, 2.24) is 4.31 Å². The van der Waals surface area contributed by atoms with E-state index >= 15 is 0 Å². The number of carbonyl (C=O) groups excluding carboxylic acids is 1. The average Bonchev–Trinajstić information content (AvgIpc) is 2.47. The molecule has 1 aliphatic rings. The van der Waals surface area contributed by atoms with Gasteiger partial charge in [-0.25, -0.2) is 8.42 Å². The van der Waals surface area contributed by atoms with Crippen molar-refractivity contribution >= 4 is 27.3 Å². The first-order valence-corrected chi connectivity index (χ1v) is 9.13. The van der Waals surface area contributed by atoms with Crippen LogP contribution in [-0.4, -0.2) is 50.6 Å². The zero-order chi connectivity index (χ0) is 16.2. The summed E-state index contributed by atoms with van der Waals surface area (Å²) in [6, 6.07) is 7.61. The molecule has 0 bridgehead atoms. The number of nitrogens with zero attached hydrogens (tertiary/aromatic N) is 2. The number of benzene rings is 1. The third-order valence-electron chi connectivity index (χ3n) is 3.65. The van der Waals surface area contributed by atoms with E-state index in [0.29, 0.717) is 32.6 Å². The summed E-state index contributed by atoms with van der Waals surface area (Å²) in [5.41, 5.74) is 1.81. The number of sulfonamides is 1. The van der Waals surface area contributed by atoms with Crippen molar-refractivity contribution in [2.75, 3.05) is 42.1 Å². The van der Waals surface area contributed by atoms with E-state index in [-0.39, 0.29) is 11.7 Å². The van der Waals surface area contributed by atoms with Gasteiger partial charge in [0, 0.05) is 44.5 Å². The zero-order valence-corrected chi connectivity index (χ0v) is 13.9. The van der Waals surface area contributed by atoms with Crippen LogP contribution in [0.2, 0.25) is 0 Å². The lowest BCUT2D eigenvalue weighted by Crippen LogP contribution is -2.49. The van der Waals surface area contributed by atoms with E-state index in [1.807, 2.05) is 31.2 Å². The fourth-order valence-corrected chi connectivity index (χ4v) is 4.06. The Morgan fingerprint density at radius 3 is 2.23 bits per heavy atom. The Bertz CT molecular complexity index is 605. The lowest BCUT2D eigenvalue weighted by Gasteiger charge is -2.35. The number of amides is 1. The van der Waals surface area contributed by atoms with Gasteiger partial charge in [-0.1, -0.05) is 6.92 Å². The molecule has 0 atom stereocenters. The molecule has 0 radical (unpaired) electrons. The molecule has 7 heteroatoms. The summed E-state index contributed by atoms with van der Waals surface area (Å²) >= 11 is 0. The van der Waals surface area contributed by atoms with E-state index in [4.69, 9.17) is 0 Å². The minimum Gasteiger partial charge on any atom is -0.369 e. The SMILES string of the molecule is CCCS(=O)(=O)N1CCN(c2ccc(NC(C)=O)cc2)CC1. The summed E-state index contributed by atoms with van der Waals surface area (Å²) in [5, 5.41) is 2.73. The first-order chi connectivity index (χ1) is 10.4. The maximum atomic E-state index is 12.0. The van der Waals surface area contributed by atoms with Crippen LogP contribution in [0.3, 0.4) is 0 Å². The maximum Gasteiger partial charge on any atom is 0.221 e. The molecule has 122 valence electrons. The van der Waals surface area contributed by atoms with Gasteiger partial charge < -0.3 is 10.2 Å². The summed E-state index contributed by atoms with van der Waals surface area (Å²) in [6.07, 6.45) is 0.646. The van der Waals surface area contributed by atoms with Gasteiger partial charge >= 0.3 is 0 Å². The van der Waals surface area contributed by atoms with Crippen LogP contribution in [-0.2, 0) is 14.8 Å². The van der Waals surface area contributed by atoms with Crippen molar-refractivity contribution in [2.45, 2.75) is 20.3 Å². The number of piperazine rings is 1. The average molecular weight is 325 g/mol. The van der Waals surface area contributed by atoms with Gasteiger partial charge in [0.25, 0.3) is 0 Å². The first kappa shape index (κ1) is 16.8. The number of rotatable bonds is 5. The standard InChI is InChI=1S/C15H23N3O3S/c1-3-12-22(20,21)18-10-8-17(9-11-18)15-6-4-14(5-7-15)16-13(2)19/h4-7H,3,8-12H2,1-2H3,(H,16,19). The quantitative estimate of drug-likeness (QED) is 0.891. The molecular formula is C15H23N3O3S. The number of carbonyl (C=O) groups is 1. The van der Waals surface area contributed by atoms with Crippen LogP contribution < -0.4 is 10.2 Å². The molecular weight excluding hydrogens is 302 g/mol. The summed E-state index contributed by atoms with van der Waals surface area (Å²) in [5.74, 6) is 0.126. The van der Waals surface area contributed by atoms with Gasteiger partial charge in [-0.05, 0) is 30.7 Å². The molecule has 1 amide bonds. The summed E-state index contributed by atoms with van der Waals surface area (Å²) in [4.78, 5) is 13.2. The molecule has 2 rings (SSSR count). The number of hydrogen-bond acceptors (Lipinski definition) is 4. The van der Waals surface area contributed by atoms with Gasteiger partial charge in [0.1, 0.15) is 0 Å². The van der Waals surface area contributed by atoms with E-state index in [9.17, 15) is 13.2 Å². The smallest absolute Gasteiger partial charge is 0.221 e. The fraction of sp³-hybridized carbons (Fsp3) is 0.533. The van der Waals surface area contributed by atoms with Crippen molar-refractivity contribution in [3.05, 3.63) is 24.3 Å². The van der Waals surface area contributed by atoms with E-state index in [0.717, 1.165) is 11.4 Å². The Kier molecular flexibility index (Phi) is 5.42. The first-order valence-electron chi connectivity index (χ1n) is 7.53. The second-order valence-electron chi connectivity index (χ2n) is 5.43. The second-order valence-corrected chi connectivity index (χ2v) is 7.52. The van der Waals surface area contributed by atoms with Gasteiger partial charge in [-0.15, -0.1) is 0 Å². The van der Waals surface area contributed by atoms with Crippen molar-refractivity contribution in [1.29, 1.82) is 0 Å². The predicted molar refractivity (Wildman–Crippen MR) is 88.6 cm³/mol. The normalized spacial score (nSPS) is 16.5. The monoisotopic (exact) mass is 325 g/mol. The van der Waals surface area contributed by atoms with Crippen LogP contribution >= 0.6 is 0 Å². The Morgan fingerprint density at radius 1 is 1.14 bits per heavy atom. The molecule has 1 N–H and O–H groups in total. The highest BCUT2D eigenvalue weighted by Crippen LogP contribution is 2.20. The van der Waals surface area contributed by atoms with Crippen LogP contribution in [0.1, 0.15) is 20.3 Å². The molecule has 1 aliphatic heterocycles. The topological polar surface area (TPSA) is 69.7 Å². The largest absolute Gasteiger partial charge is 0.369 e. The Hall–Kier alpha value is -1.60. The summed E-state index contributed by atoms with van der Waals surface area (Å²) in [6.45, 7) is 5.77. The van der Waals surface area contributed by atoms with Crippen LogP contribution in [0, 0.1) is 0 Å². The molecule has 1 saturated heterocycles. The molecule has 1 aromatic carbocycles. The predicted octanol–water partition coefficient (Wildman–Crippen LogP) is 1.51. The van der Waals surface area contributed by atoms with Crippen molar-refractivity contribution < 1.29 is 13.2 Å². The van der Waals surface area contributed by atoms with Gasteiger partial charge in [-0.3, -0.25) is 4.79 Å². The fourth-order valence-electron chi connectivity index (χ4n) is 2.57. The number of hydrogen-bond donors (Lipinski definition) is 1. The van der Waals surface area contributed by atoms with Crippen LogP contribution in [0.4, 0.5) is 11.4 Å². The van der Waals surface area contributed by atoms with E-state index in [1.54, 1.807) is 4.31 Å². The molecule has 22 heavy (non-hydrogen) atoms. The third-order valence-corrected chi connectivity index (χ3v) is 5.72. The molecule has 0 aromatic heterocycles. The second kappa shape index (κ2) is 7.11. The highest BCUT2D eigenvalue weighted by atomic mass is 32.2. The summed E-state index contributed by atoms with van der Waals surface area (Å²) in [7, 11) is -3.10. The van der Waals surface area contributed by atoms with E-state index in [1.165, 1.54) is 6.92 Å². The van der Waals surface area contributed by atoms with Crippen molar-refractivity contribution in [2.24, 2.45) is 0 Å². The Balaban J connectivity index is 1.95. The van der Waals surface area contributed by atoms with E-state index in [2.05, 4.69) is 10.2 Å². The third kappa shape index (κ3) is 4.20. The van der Waals surface area contributed by atoms with Gasteiger partial charge in [0.2, 0.25) is 15.9 Å². The number of nitrogens with one attached hydrogen (secondary N) is 1. The van der Waals surface area contributed by atoms with Crippen molar-refractivity contribution in [3.8, 4) is 0 Å².